The Morgan fingerprint density at radius 3 is 2.12 bits per heavy atom. The van der Waals surface area contributed by atoms with Crippen molar-refractivity contribution in [3.05, 3.63) is 108 Å². The molecule has 0 bridgehead atoms. The van der Waals surface area contributed by atoms with E-state index in [9.17, 15) is 9.59 Å². The summed E-state index contributed by atoms with van der Waals surface area (Å²) in [5, 5.41) is 0. The van der Waals surface area contributed by atoms with Crippen molar-refractivity contribution in [1.29, 1.82) is 0 Å². The van der Waals surface area contributed by atoms with Gasteiger partial charge in [0.25, 0.3) is 0 Å². The molecule has 1 aliphatic rings. The standard InChI is InChI=1S/C47H63NO8/c1-7-38-17-10-11-20-43(38)41-32-39(18-13-28-55-45(49)36(2)3)44(40(33-41)19-14-29-56-46(50)47(4,5)6)54-27-12-8-9-16-37-21-23-42(24-22-37)53-30-15-26-51-34-48-25-31-52-35-48/h10-11,17,20-25,31-33H,2,7-9,12-16,18-19,26-30,34-35H2,1,3-6H3. The van der Waals surface area contributed by atoms with Gasteiger partial charge in [-0.05, 0) is 143 Å². The highest BCUT2D eigenvalue weighted by Gasteiger charge is 2.23. The molecule has 304 valence electrons. The SMILES string of the molecule is C=C(C)C(=O)OCCCc1cc(-c2ccccc2CC)cc(CCCOC(=O)C(C)(C)C)c1OCCCCCc1ccc(OCCCOCN2C=COC2)cc1. The maximum Gasteiger partial charge on any atom is 0.333 e. The van der Waals surface area contributed by atoms with Gasteiger partial charge in [-0.25, -0.2) is 4.79 Å². The monoisotopic (exact) mass is 769 g/mol. The van der Waals surface area contributed by atoms with E-state index in [1.165, 1.54) is 16.7 Å². The molecule has 0 atom stereocenters. The summed E-state index contributed by atoms with van der Waals surface area (Å²) in [4.78, 5) is 26.5. The molecule has 3 aromatic rings. The largest absolute Gasteiger partial charge is 0.494 e. The molecular weight excluding hydrogens is 707 g/mol. The first-order valence-corrected chi connectivity index (χ1v) is 20.2. The molecule has 9 heteroatoms. The van der Waals surface area contributed by atoms with Crippen LogP contribution in [0.2, 0.25) is 0 Å². The first-order valence-electron chi connectivity index (χ1n) is 20.2. The van der Waals surface area contributed by atoms with E-state index in [2.05, 4.69) is 62.0 Å². The number of unbranched alkanes of at least 4 members (excludes halogenated alkanes) is 2. The Morgan fingerprint density at radius 2 is 1.46 bits per heavy atom. The van der Waals surface area contributed by atoms with Crippen LogP contribution in [0.4, 0.5) is 0 Å². The molecule has 0 spiro atoms. The molecule has 1 aliphatic heterocycles. The summed E-state index contributed by atoms with van der Waals surface area (Å²) in [6.45, 7) is 16.7. The van der Waals surface area contributed by atoms with Crippen molar-refractivity contribution in [2.45, 2.75) is 98.8 Å². The number of nitrogens with zero attached hydrogens (tertiary/aromatic N) is 1. The van der Waals surface area contributed by atoms with Crippen LogP contribution in [0.5, 0.6) is 11.5 Å². The number of hydrogen-bond donors (Lipinski definition) is 0. The fraction of sp³-hybridized carbons (Fsp3) is 0.489. The number of rotatable bonds is 25. The lowest BCUT2D eigenvalue weighted by atomic mass is 9.91. The molecule has 0 aliphatic carbocycles. The van der Waals surface area contributed by atoms with E-state index in [1.54, 1.807) is 13.2 Å². The fourth-order valence-corrected chi connectivity index (χ4v) is 6.23. The van der Waals surface area contributed by atoms with Crippen LogP contribution < -0.4 is 9.47 Å². The Kier molecular flexibility index (Phi) is 18.3. The van der Waals surface area contributed by atoms with Crippen LogP contribution >= 0.6 is 0 Å². The zero-order valence-electron chi connectivity index (χ0n) is 34.4. The Hall–Kier alpha value is -4.76. The summed E-state index contributed by atoms with van der Waals surface area (Å²) in [6, 6.07) is 21.4. The normalized spacial score (nSPS) is 12.3. The number of carbonyl (C=O) groups is 2. The molecule has 0 amide bonds. The van der Waals surface area contributed by atoms with E-state index in [0.717, 1.165) is 66.7 Å². The van der Waals surface area contributed by atoms with E-state index in [0.29, 0.717) is 77.8 Å². The minimum absolute atomic E-state index is 0.200. The van der Waals surface area contributed by atoms with Crippen molar-refractivity contribution in [2.24, 2.45) is 5.41 Å². The second kappa shape index (κ2) is 23.3. The molecule has 1 heterocycles. The van der Waals surface area contributed by atoms with Crippen LogP contribution in [-0.2, 0) is 54.2 Å². The van der Waals surface area contributed by atoms with E-state index >= 15 is 0 Å². The second-order valence-corrected chi connectivity index (χ2v) is 15.4. The lowest BCUT2D eigenvalue weighted by molar-refractivity contribution is -0.153. The highest BCUT2D eigenvalue weighted by molar-refractivity contribution is 5.86. The first-order chi connectivity index (χ1) is 27.0. The van der Waals surface area contributed by atoms with Gasteiger partial charge in [-0.1, -0.05) is 49.9 Å². The summed E-state index contributed by atoms with van der Waals surface area (Å²) in [5.41, 5.74) is 6.93. The van der Waals surface area contributed by atoms with Gasteiger partial charge >= 0.3 is 11.9 Å². The van der Waals surface area contributed by atoms with Gasteiger partial charge in [0.2, 0.25) is 0 Å². The molecule has 0 saturated heterocycles. The third-order valence-corrected chi connectivity index (χ3v) is 9.41. The summed E-state index contributed by atoms with van der Waals surface area (Å²) in [7, 11) is 0. The maximum atomic E-state index is 12.5. The molecule has 3 aromatic carbocycles. The number of esters is 2. The fourth-order valence-electron chi connectivity index (χ4n) is 6.23. The molecule has 0 N–H and O–H groups in total. The Labute approximate surface area is 335 Å². The third kappa shape index (κ3) is 15.1. The van der Waals surface area contributed by atoms with Gasteiger partial charge in [0.15, 0.2) is 6.73 Å². The Balaban J connectivity index is 1.34. The predicted molar refractivity (Wildman–Crippen MR) is 221 cm³/mol. The van der Waals surface area contributed by atoms with Crippen LogP contribution in [0.25, 0.3) is 11.1 Å². The van der Waals surface area contributed by atoms with E-state index in [4.69, 9.17) is 28.4 Å². The summed E-state index contributed by atoms with van der Waals surface area (Å²) in [5.74, 6) is 1.18. The average Bonchev–Trinajstić information content (AvgIpc) is 3.71. The van der Waals surface area contributed by atoms with E-state index in [1.807, 2.05) is 44.0 Å². The minimum Gasteiger partial charge on any atom is -0.494 e. The van der Waals surface area contributed by atoms with Crippen molar-refractivity contribution >= 4 is 11.9 Å². The average molecular weight is 770 g/mol. The third-order valence-electron chi connectivity index (χ3n) is 9.41. The van der Waals surface area contributed by atoms with Gasteiger partial charge in [0.05, 0.1) is 38.4 Å². The topological polar surface area (TPSA) is 92.8 Å². The summed E-state index contributed by atoms with van der Waals surface area (Å²) in [6.07, 6.45) is 12.0. The van der Waals surface area contributed by atoms with Gasteiger partial charge in [-0.2, -0.15) is 0 Å². The minimum atomic E-state index is -0.547. The number of ether oxygens (including phenoxy) is 6. The molecule has 56 heavy (non-hydrogen) atoms. The Bertz CT molecular complexity index is 1710. The smallest absolute Gasteiger partial charge is 0.333 e. The number of benzene rings is 3. The molecule has 0 saturated carbocycles. The van der Waals surface area contributed by atoms with Crippen LogP contribution in [0, 0.1) is 5.41 Å². The molecule has 0 aromatic heterocycles. The molecule has 9 nitrogen and oxygen atoms in total. The number of aryl methyl sites for hydroxylation is 4. The quantitative estimate of drug-likeness (QED) is 0.0475. The summed E-state index contributed by atoms with van der Waals surface area (Å²) >= 11 is 0. The van der Waals surface area contributed by atoms with Crippen molar-refractivity contribution in [3.8, 4) is 22.6 Å². The van der Waals surface area contributed by atoms with Crippen molar-refractivity contribution < 1.29 is 38.0 Å². The first kappa shape index (κ1) is 44.0. The van der Waals surface area contributed by atoms with Crippen LogP contribution in [0.1, 0.15) is 95.4 Å². The van der Waals surface area contributed by atoms with Gasteiger partial charge in [-0.3, -0.25) is 4.79 Å². The maximum absolute atomic E-state index is 12.5. The molecule has 0 radical (unpaired) electrons. The van der Waals surface area contributed by atoms with Crippen molar-refractivity contribution in [2.75, 3.05) is 46.5 Å². The van der Waals surface area contributed by atoms with Gasteiger partial charge in [0, 0.05) is 18.2 Å². The number of carbonyl (C=O) groups excluding carboxylic acids is 2. The van der Waals surface area contributed by atoms with Gasteiger partial charge < -0.3 is 33.3 Å². The zero-order valence-corrected chi connectivity index (χ0v) is 34.4. The van der Waals surface area contributed by atoms with Crippen molar-refractivity contribution in [3.63, 3.8) is 0 Å². The predicted octanol–water partition coefficient (Wildman–Crippen LogP) is 9.79. The highest BCUT2D eigenvalue weighted by Crippen LogP contribution is 2.35. The van der Waals surface area contributed by atoms with Crippen LogP contribution in [0.3, 0.4) is 0 Å². The highest BCUT2D eigenvalue weighted by atomic mass is 16.5. The molecule has 0 unspecified atom stereocenters. The zero-order chi connectivity index (χ0) is 40.2. The summed E-state index contributed by atoms with van der Waals surface area (Å²) < 4.78 is 34.4. The van der Waals surface area contributed by atoms with Crippen molar-refractivity contribution in [1.82, 2.24) is 4.90 Å². The lowest BCUT2D eigenvalue weighted by Crippen LogP contribution is -2.23. The van der Waals surface area contributed by atoms with Crippen LogP contribution in [0.15, 0.2) is 85.3 Å². The lowest BCUT2D eigenvalue weighted by Gasteiger charge is -2.20. The second-order valence-electron chi connectivity index (χ2n) is 15.4. The molecular formula is C47H63NO8. The van der Waals surface area contributed by atoms with Gasteiger partial charge in [0.1, 0.15) is 24.5 Å². The molecule has 4 rings (SSSR count). The molecule has 0 fully saturated rings. The number of hydrogen-bond acceptors (Lipinski definition) is 9. The Morgan fingerprint density at radius 1 is 0.768 bits per heavy atom. The van der Waals surface area contributed by atoms with E-state index < -0.39 is 5.41 Å². The van der Waals surface area contributed by atoms with Gasteiger partial charge in [-0.15, -0.1) is 0 Å². The van der Waals surface area contributed by atoms with E-state index in [-0.39, 0.29) is 11.9 Å². The van der Waals surface area contributed by atoms with Crippen LogP contribution in [-0.4, -0.2) is 63.3 Å².